The molecule has 2 aliphatic rings. The van der Waals surface area contributed by atoms with Crippen LogP contribution in [0.5, 0.6) is 0 Å². The van der Waals surface area contributed by atoms with Crippen LogP contribution in [0.1, 0.15) is 32.1 Å². The smallest absolute Gasteiger partial charge is 0.306 e. The van der Waals surface area contributed by atoms with Gasteiger partial charge in [0.05, 0.1) is 6.61 Å². The highest BCUT2D eigenvalue weighted by Crippen LogP contribution is 2.34. The summed E-state index contributed by atoms with van der Waals surface area (Å²) in [4.78, 5) is 23.0. The number of Topliss-reactive ketones (excluding diaryl/α,β-unsaturated/α-hetero) is 1. The van der Waals surface area contributed by atoms with Gasteiger partial charge < -0.3 is 4.74 Å². The summed E-state index contributed by atoms with van der Waals surface area (Å²) in [5.74, 6) is 0.452. The first kappa shape index (κ1) is 10.4. The van der Waals surface area contributed by atoms with Gasteiger partial charge in [-0.05, 0) is 25.2 Å². The maximum atomic E-state index is 11.6. The van der Waals surface area contributed by atoms with Gasteiger partial charge in [-0.3, -0.25) is 9.59 Å². The van der Waals surface area contributed by atoms with E-state index in [1.54, 1.807) is 0 Å². The van der Waals surface area contributed by atoms with Gasteiger partial charge in [-0.15, -0.1) is 0 Å². The van der Waals surface area contributed by atoms with Gasteiger partial charge in [-0.25, -0.2) is 0 Å². The molecular formula is C12H16O3. The minimum absolute atomic E-state index is 0.0619. The van der Waals surface area contributed by atoms with Crippen LogP contribution < -0.4 is 0 Å². The molecule has 1 heterocycles. The molecule has 0 amide bonds. The van der Waals surface area contributed by atoms with Crippen molar-refractivity contribution in [1.82, 2.24) is 0 Å². The average molecular weight is 208 g/mol. The monoisotopic (exact) mass is 208 g/mol. The van der Waals surface area contributed by atoms with E-state index in [2.05, 4.69) is 6.08 Å². The lowest BCUT2D eigenvalue weighted by atomic mass is 9.89. The summed E-state index contributed by atoms with van der Waals surface area (Å²) in [5, 5.41) is 0. The van der Waals surface area contributed by atoms with Crippen LogP contribution in [-0.4, -0.2) is 18.4 Å². The third-order valence-corrected chi connectivity index (χ3v) is 3.28. The Balaban J connectivity index is 2.08. The van der Waals surface area contributed by atoms with Gasteiger partial charge in [-0.1, -0.05) is 12.2 Å². The number of ether oxygens (including phenoxy) is 1. The zero-order chi connectivity index (χ0) is 10.7. The largest absolute Gasteiger partial charge is 0.465 e. The van der Waals surface area contributed by atoms with Crippen molar-refractivity contribution >= 4 is 11.8 Å². The number of carbonyl (C=O) groups is 2. The molecule has 0 unspecified atom stereocenters. The molecular weight excluding hydrogens is 192 g/mol. The van der Waals surface area contributed by atoms with Crippen LogP contribution in [0.4, 0.5) is 0 Å². The normalized spacial score (nSPS) is 34.4. The summed E-state index contributed by atoms with van der Waals surface area (Å²) in [6.45, 7) is 0.473. The molecule has 1 aliphatic carbocycles. The summed E-state index contributed by atoms with van der Waals surface area (Å²) < 4.78 is 5.06. The van der Waals surface area contributed by atoms with E-state index in [-0.39, 0.29) is 17.8 Å². The maximum absolute atomic E-state index is 11.6. The van der Waals surface area contributed by atoms with Gasteiger partial charge in [-0.2, -0.15) is 0 Å². The van der Waals surface area contributed by atoms with Crippen LogP contribution >= 0.6 is 0 Å². The molecule has 1 aliphatic heterocycles. The fourth-order valence-electron chi connectivity index (χ4n) is 2.42. The number of ketones is 1. The molecule has 1 fully saturated rings. The molecule has 0 spiro atoms. The first-order valence-corrected chi connectivity index (χ1v) is 5.60. The second kappa shape index (κ2) is 4.60. The number of fused-ring (bicyclic) bond motifs is 1. The van der Waals surface area contributed by atoms with E-state index in [4.69, 9.17) is 4.74 Å². The minimum Gasteiger partial charge on any atom is -0.465 e. The first-order chi connectivity index (χ1) is 7.27. The first-order valence-electron chi connectivity index (χ1n) is 5.60. The van der Waals surface area contributed by atoms with Crippen LogP contribution in [0.25, 0.3) is 0 Å². The lowest BCUT2D eigenvalue weighted by molar-refractivity contribution is -0.145. The van der Waals surface area contributed by atoms with Crippen molar-refractivity contribution in [2.75, 3.05) is 6.61 Å². The highest BCUT2D eigenvalue weighted by atomic mass is 16.5. The van der Waals surface area contributed by atoms with Gasteiger partial charge in [0, 0.05) is 18.8 Å². The summed E-state index contributed by atoms with van der Waals surface area (Å²) in [6, 6.07) is 0. The second-order valence-corrected chi connectivity index (χ2v) is 4.29. The quantitative estimate of drug-likeness (QED) is 0.451. The number of rotatable bonds is 0. The van der Waals surface area contributed by atoms with Crippen molar-refractivity contribution in [3.63, 3.8) is 0 Å². The van der Waals surface area contributed by atoms with E-state index in [9.17, 15) is 9.59 Å². The number of esters is 1. The Morgan fingerprint density at radius 3 is 3.00 bits per heavy atom. The van der Waals surface area contributed by atoms with E-state index < -0.39 is 0 Å². The molecule has 0 radical (unpaired) electrons. The molecule has 0 aromatic rings. The number of hydrogen-bond donors (Lipinski definition) is 0. The molecule has 15 heavy (non-hydrogen) atoms. The second-order valence-electron chi connectivity index (χ2n) is 4.29. The lowest BCUT2D eigenvalue weighted by Crippen LogP contribution is -2.19. The molecule has 3 heteroatoms. The summed E-state index contributed by atoms with van der Waals surface area (Å²) >= 11 is 0. The molecule has 2 rings (SSSR count). The van der Waals surface area contributed by atoms with E-state index >= 15 is 0 Å². The Labute approximate surface area is 89.5 Å². The van der Waals surface area contributed by atoms with Crippen molar-refractivity contribution < 1.29 is 14.3 Å². The molecule has 0 aromatic carbocycles. The van der Waals surface area contributed by atoms with Crippen molar-refractivity contribution in [2.45, 2.75) is 32.1 Å². The Kier molecular flexibility index (Phi) is 3.19. The molecule has 0 bridgehead atoms. The van der Waals surface area contributed by atoms with Gasteiger partial charge in [0.1, 0.15) is 5.78 Å². The number of allylic oxidation sites excluding steroid dienone is 1. The van der Waals surface area contributed by atoms with Crippen molar-refractivity contribution in [3.05, 3.63) is 12.2 Å². The number of cyclic esters (lactones) is 1. The molecule has 0 aromatic heterocycles. The summed E-state index contributed by atoms with van der Waals surface area (Å²) in [5.41, 5.74) is 0. The maximum Gasteiger partial charge on any atom is 0.306 e. The fraction of sp³-hybridized carbons (Fsp3) is 0.667. The highest BCUT2D eigenvalue weighted by molar-refractivity contribution is 5.84. The van der Waals surface area contributed by atoms with Crippen molar-refractivity contribution in [3.8, 4) is 0 Å². The third kappa shape index (κ3) is 2.46. The number of carbonyl (C=O) groups excluding carboxylic acids is 2. The lowest BCUT2D eigenvalue weighted by Gasteiger charge is -2.17. The average Bonchev–Trinajstić information content (AvgIpc) is 2.55. The van der Waals surface area contributed by atoms with E-state index in [0.717, 1.165) is 19.3 Å². The Morgan fingerprint density at radius 2 is 2.13 bits per heavy atom. The summed E-state index contributed by atoms with van der Waals surface area (Å²) in [6.07, 6.45) is 7.53. The molecule has 2 atom stereocenters. The van der Waals surface area contributed by atoms with Gasteiger partial charge in [0.15, 0.2) is 0 Å². The van der Waals surface area contributed by atoms with Crippen LogP contribution in [0, 0.1) is 11.8 Å². The molecule has 0 N–H and O–H groups in total. The highest BCUT2D eigenvalue weighted by Gasteiger charge is 2.35. The topological polar surface area (TPSA) is 43.4 Å². The predicted molar refractivity (Wildman–Crippen MR) is 55.2 cm³/mol. The number of hydrogen-bond acceptors (Lipinski definition) is 3. The van der Waals surface area contributed by atoms with Crippen LogP contribution in [0.3, 0.4) is 0 Å². The zero-order valence-corrected chi connectivity index (χ0v) is 8.78. The van der Waals surface area contributed by atoms with E-state index in [1.807, 2.05) is 6.08 Å². The van der Waals surface area contributed by atoms with Crippen LogP contribution in [-0.2, 0) is 14.3 Å². The summed E-state index contributed by atoms with van der Waals surface area (Å²) in [7, 11) is 0. The van der Waals surface area contributed by atoms with E-state index in [1.165, 1.54) is 0 Å². The molecule has 0 saturated heterocycles. The van der Waals surface area contributed by atoms with E-state index in [0.29, 0.717) is 25.2 Å². The zero-order valence-electron chi connectivity index (χ0n) is 8.78. The molecule has 3 nitrogen and oxygen atoms in total. The standard InChI is InChI=1S/C12H16O3/c13-11-6-5-9-8-12(14)15-7-3-1-2-4-10(9)11/h1-2,9-10H,3-8H2/b2-1-/t9-,10+/m1/s1. The van der Waals surface area contributed by atoms with Crippen molar-refractivity contribution in [1.29, 1.82) is 0 Å². The molecule has 82 valence electrons. The molecule has 1 saturated carbocycles. The Hall–Kier alpha value is -1.12. The SMILES string of the molecule is O=C1C[C@H]2CCC(=O)[C@H]2C/C=C\CCO1. The van der Waals surface area contributed by atoms with Crippen LogP contribution in [0.2, 0.25) is 0 Å². The third-order valence-electron chi connectivity index (χ3n) is 3.28. The minimum atomic E-state index is -0.144. The van der Waals surface area contributed by atoms with Gasteiger partial charge >= 0.3 is 5.97 Å². The fourth-order valence-corrected chi connectivity index (χ4v) is 2.42. The Bertz CT molecular complexity index is 293. The van der Waals surface area contributed by atoms with Gasteiger partial charge in [0.2, 0.25) is 0 Å². The predicted octanol–water partition coefficient (Wildman–Crippen LogP) is 1.86. The Morgan fingerprint density at radius 1 is 1.27 bits per heavy atom. The van der Waals surface area contributed by atoms with Crippen molar-refractivity contribution in [2.24, 2.45) is 11.8 Å². The van der Waals surface area contributed by atoms with Crippen LogP contribution in [0.15, 0.2) is 12.2 Å². The van der Waals surface area contributed by atoms with Gasteiger partial charge in [0.25, 0.3) is 0 Å².